The van der Waals surface area contributed by atoms with Crippen LogP contribution in [-0.4, -0.2) is 35.3 Å². The van der Waals surface area contributed by atoms with Crippen LogP contribution in [0.3, 0.4) is 0 Å². The maximum Gasteiger partial charge on any atom is 0.123 e. The van der Waals surface area contributed by atoms with Crippen LogP contribution in [0.5, 0.6) is 0 Å². The monoisotopic (exact) mass is 269 g/mol. The Morgan fingerprint density at radius 3 is 2.78 bits per heavy atom. The van der Waals surface area contributed by atoms with Crippen molar-refractivity contribution in [3.63, 3.8) is 0 Å². The molecule has 2 atom stereocenters. The van der Waals surface area contributed by atoms with E-state index in [0.717, 1.165) is 30.0 Å². The third kappa shape index (κ3) is 3.70. The highest BCUT2D eigenvalue weighted by Gasteiger charge is 2.31. The van der Waals surface area contributed by atoms with Gasteiger partial charge in [-0.05, 0) is 35.8 Å². The second-order valence-corrected chi connectivity index (χ2v) is 6.22. The fraction of sp³-hybridized carbons (Fsp3) is 0.571. The van der Waals surface area contributed by atoms with Gasteiger partial charge in [0.15, 0.2) is 0 Å². The lowest BCUT2D eigenvalue weighted by Gasteiger charge is -2.23. The van der Waals surface area contributed by atoms with Gasteiger partial charge >= 0.3 is 0 Å². The van der Waals surface area contributed by atoms with Crippen LogP contribution in [0.2, 0.25) is 0 Å². The minimum Gasteiger partial charge on any atom is -0.388 e. The fourth-order valence-corrected chi connectivity index (χ4v) is 3.46. The number of benzene rings is 1. The molecule has 2 nitrogen and oxygen atoms in total. The summed E-state index contributed by atoms with van der Waals surface area (Å²) in [5, 5.41) is 13.5. The molecule has 0 spiro atoms. The predicted molar refractivity (Wildman–Crippen MR) is 74.6 cm³/mol. The molecule has 1 heterocycles. The van der Waals surface area contributed by atoms with Gasteiger partial charge in [0.25, 0.3) is 0 Å². The number of nitrogens with one attached hydrogen (secondary N) is 1. The number of thioether (sulfide) groups is 1. The van der Waals surface area contributed by atoms with E-state index in [0.29, 0.717) is 12.5 Å². The van der Waals surface area contributed by atoms with Gasteiger partial charge < -0.3 is 10.4 Å². The molecule has 1 aliphatic heterocycles. The zero-order valence-electron chi connectivity index (χ0n) is 10.7. The standard InChI is InChI=1S/C14H20FNOS/c1-11(12-2-4-13(15)5-3-12)8-16-9-14(17)6-7-18-10-14/h2-5,11,16-17H,6-10H2,1H3/t11-,14-/m0/s1. The van der Waals surface area contributed by atoms with Gasteiger partial charge in [-0.1, -0.05) is 19.1 Å². The summed E-state index contributed by atoms with van der Waals surface area (Å²) >= 11 is 1.81. The van der Waals surface area contributed by atoms with Crippen LogP contribution in [0.15, 0.2) is 24.3 Å². The molecule has 1 saturated heterocycles. The van der Waals surface area contributed by atoms with E-state index in [2.05, 4.69) is 12.2 Å². The van der Waals surface area contributed by atoms with Crippen molar-refractivity contribution >= 4 is 11.8 Å². The molecule has 100 valence electrons. The van der Waals surface area contributed by atoms with Crippen LogP contribution in [-0.2, 0) is 0 Å². The number of hydrogen-bond acceptors (Lipinski definition) is 3. The molecule has 1 aromatic rings. The number of aliphatic hydroxyl groups is 1. The van der Waals surface area contributed by atoms with Gasteiger partial charge in [-0.25, -0.2) is 4.39 Å². The molecule has 0 amide bonds. The SMILES string of the molecule is C[C@@H](CNC[C@@]1(O)CCSC1)c1ccc(F)cc1. The Morgan fingerprint density at radius 2 is 2.17 bits per heavy atom. The van der Waals surface area contributed by atoms with Crippen molar-refractivity contribution in [2.75, 3.05) is 24.6 Å². The Morgan fingerprint density at radius 1 is 1.44 bits per heavy atom. The zero-order valence-corrected chi connectivity index (χ0v) is 11.5. The summed E-state index contributed by atoms with van der Waals surface area (Å²) < 4.78 is 12.8. The lowest BCUT2D eigenvalue weighted by atomic mass is 10.00. The lowest BCUT2D eigenvalue weighted by molar-refractivity contribution is 0.0676. The van der Waals surface area contributed by atoms with Crippen molar-refractivity contribution in [3.05, 3.63) is 35.6 Å². The average molecular weight is 269 g/mol. The molecule has 2 N–H and O–H groups in total. The maximum atomic E-state index is 12.8. The van der Waals surface area contributed by atoms with Crippen LogP contribution in [0.4, 0.5) is 4.39 Å². The largest absolute Gasteiger partial charge is 0.388 e. The summed E-state index contributed by atoms with van der Waals surface area (Å²) in [5.74, 6) is 2.00. The van der Waals surface area contributed by atoms with Crippen LogP contribution in [0, 0.1) is 5.82 Å². The van der Waals surface area contributed by atoms with Gasteiger partial charge in [0, 0.05) is 18.8 Å². The first-order chi connectivity index (χ1) is 8.59. The second kappa shape index (κ2) is 6.04. The molecular weight excluding hydrogens is 249 g/mol. The summed E-state index contributed by atoms with van der Waals surface area (Å²) in [4.78, 5) is 0. The lowest BCUT2D eigenvalue weighted by Crippen LogP contribution is -2.41. The average Bonchev–Trinajstić information content (AvgIpc) is 2.77. The van der Waals surface area contributed by atoms with Crippen LogP contribution in [0.1, 0.15) is 24.8 Å². The Bertz CT molecular complexity index is 376. The van der Waals surface area contributed by atoms with E-state index in [1.165, 1.54) is 12.1 Å². The first kappa shape index (κ1) is 13.8. The molecule has 0 saturated carbocycles. The third-order valence-corrected chi connectivity index (χ3v) is 4.66. The minimum absolute atomic E-state index is 0.198. The van der Waals surface area contributed by atoms with Gasteiger partial charge in [0.1, 0.15) is 5.82 Å². The highest BCUT2D eigenvalue weighted by molar-refractivity contribution is 7.99. The van der Waals surface area contributed by atoms with E-state index in [1.54, 1.807) is 11.8 Å². The smallest absolute Gasteiger partial charge is 0.123 e. The normalized spacial score (nSPS) is 25.3. The van der Waals surface area contributed by atoms with Crippen LogP contribution >= 0.6 is 11.8 Å². The van der Waals surface area contributed by atoms with Gasteiger partial charge in [-0.15, -0.1) is 0 Å². The molecule has 0 aliphatic carbocycles. The van der Waals surface area contributed by atoms with E-state index < -0.39 is 5.60 Å². The van der Waals surface area contributed by atoms with Crippen LogP contribution in [0.25, 0.3) is 0 Å². The van der Waals surface area contributed by atoms with Gasteiger partial charge in [-0.2, -0.15) is 11.8 Å². The molecule has 0 radical (unpaired) electrons. The predicted octanol–water partition coefficient (Wildman–Crippen LogP) is 2.39. The fourth-order valence-electron chi connectivity index (χ4n) is 2.17. The number of rotatable bonds is 5. The van der Waals surface area contributed by atoms with E-state index >= 15 is 0 Å². The van der Waals surface area contributed by atoms with Crippen molar-refractivity contribution in [3.8, 4) is 0 Å². The Labute approximate surface area is 112 Å². The first-order valence-electron chi connectivity index (χ1n) is 6.35. The van der Waals surface area contributed by atoms with Crippen molar-refractivity contribution in [1.29, 1.82) is 0 Å². The third-order valence-electron chi connectivity index (χ3n) is 3.43. The van der Waals surface area contributed by atoms with E-state index in [-0.39, 0.29) is 5.82 Å². The molecule has 1 fully saturated rings. The van der Waals surface area contributed by atoms with Crippen LogP contribution < -0.4 is 5.32 Å². The first-order valence-corrected chi connectivity index (χ1v) is 7.51. The quantitative estimate of drug-likeness (QED) is 0.861. The maximum absolute atomic E-state index is 12.8. The molecule has 0 bridgehead atoms. The van der Waals surface area contributed by atoms with E-state index in [9.17, 15) is 9.50 Å². The van der Waals surface area contributed by atoms with Crippen molar-refractivity contribution in [1.82, 2.24) is 5.32 Å². The Kier molecular flexibility index (Phi) is 4.65. The number of halogens is 1. The topological polar surface area (TPSA) is 32.3 Å². The summed E-state index contributed by atoms with van der Waals surface area (Å²) in [6, 6.07) is 6.63. The van der Waals surface area contributed by atoms with E-state index in [4.69, 9.17) is 0 Å². The molecule has 0 aromatic heterocycles. The van der Waals surface area contributed by atoms with Gasteiger partial charge in [0.05, 0.1) is 5.60 Å². The summed E-state index contributed by atoms with van der Waals surface area (Å²) in [7, 11) is 0. The molecular formula is C14H20FNOS. The highest BCUT2D eigenvalue weighted by atomic mass is 32.2. The molecule has 18 heavy (non-hydrogen) atoms. The summed E-state index contributed by atoms with van der Waals surface area (Å²) in [6.07, 6.45) is 0.871. The second-order valence-electron chi connectivity index (χ2n) is 5.11. The Balaban J connectivity index is 1.77. The zero-order chi connectivity index (χ0) is 13.0. The molecule has 0 unspecified atom stereocenters. The summed E-state index contributed by atoms with van der Waals surface area (Å²) in [5.41, 5.74) is 0.587. The minimum atomic E-state index is -0.535. The van der Waals surface area contributed by atoms with Crippen molar-refractivity contribution in [2.45, 2.75) is 24.9 Å². The summed E-state index contributed by atoms with van der Waals surface area (Å²) in [6.45, 7) is 3.55. The van der Waals surface area contributed by atoms with Crippen molar-refractivity contribution in [2.24, 2.45) is 0 Å². The highest BCUT2D eigenvalue weighted by Crippen LogP contribution is 2.27. The Hall–Kier alpha value is -0.580. The van der Waals surface area contributed by atoms with Gasteiger partial charge in [0.2, 0.25) is 0 Å². The molecule has 2 rings (SSSR count). The van der Waals surface area contributed by atoms with Crippen molar-refractivity contribution < 1.29 is 9.50 Å². The molecule has 1 aliphatic rings. The van der Waals surface area contributed by atoms with Gasteiger partial charge in [-0.3, -0.25) is 0 Å². The van der Waals surface area contributed by atoms with E-state index in [1.807, 2.05) is 12.1 Å². The molecule has 4 heteroatoms. The number of hydrogen-bond donors (Lipinski definition) is 2. The molecule has 1 aromatic carbocycles.